The van der Waals surface area contributed by atoms with Gasteiger partial charge in [0.05, 0.1) is 6.10 Å². The average Bonchev–Trinajstić information content (AvgIpc) is 2.44. The number of likely N-dealkylation sites (N-methyl/N-ethyl adjacent to an activating group) is 1. The maximum absolute atomic E-state index is 10.9. The Bertz CT molecular complexity index is 133. The SMILES string of the molecule is CC1OC1C(=O)N(C)C. The number of carbonyl (C=O) groups excluding carboxylic acids is 1. The summed E-state index contributed by atoms with van der Waals surface area (Å²) in [6, 6.07) is 0. The van der Waals surface area contributed by atoms with Crippen LogP contribution < -0.4 is 0 Å². The molecule has 3 nitrogen and oxygen atoms in total. The normalized spacial score (nSPS) is 31.9. The molecule has 0 spiro atoms. The molecular formula is C6H11NO2. The van der Waals surface area contributed by atoms with Gasteiger partial charge in [0.1, 0.15) is 0 Å². The lowest BCUT2D eigenvalue weighted by atomic mass is 10.3. The number of amides is 1. The summed E-state index contributed by atoms with van der Waals surface area (Å²) in [5.41, 5.74) is 0. The van der Waals surface area contributed by atoms with Gasteiger partial charge in [-0.1, -0.05) is 0 Å². The van der Waals surface area contributed by atoms with E-state index in [1.54, 1.807) is 19.0 Å². The zero-order valence-electron chi connectivity index (χ0n) is 5.92. The summed E-state index contributed by atoms with van der Waals surface area (Å²) in [7, 11) is 3.47. The summed E-state index contributed by atoms with van der Waals surface area (Å²) < 4.78 is 4.95. The van der Waals surface area contributed by atoms with Crippen molar-refractivity contribution in [3.8, 4) is 0 Å². The van der Waals surface area contributed by atoms with E-state index in [2.05, 4.69) is 0 Å². The van der Waals surface area contributed by atoms with Crippen molar-refractivity contribution in [2.24, 2.45) is 0 Å². The van der Waals surface area contributed by atoms with Gasteiger partial charge >= 0.3 is 0 Å². The number of hydrogen-bond acceptors (Lipinski definition) is 2. The molecule has 2 atom stereocenters. The lowest BCUT2D eigenvalue weighted by Crippen LogP contribution is -2.27. The van der Waals surface area contributed by atoms with Gasteiger partial charge in [-0.3, -0.25) is 4.79 Å². The van der Waals surface area contributed by atoms with Crippen LogP contribution in [0.15, 0.2) is 0 Å². The molecule has 0 aromatic heterocycles. The number of ether oxygens (including phenoxy) is 1. The second kappa shape index (κ2) is 1.99. The Morgan fingerprint density at radius 2 is 2.00 bits per heavy atom. The molecule has 0 bridgehead atoms. The largest absolute Gasteiger partial charge is 0.359 e. The number of epoxide rings is 1. The molecule has 1 aliphatic rings. The predicted octanol–water partition coefficient (Wildman–Crippen LogP) is -0.138. The maximum Gasteiger partial charge on any atom is 0.253 e. The van der Waals surface area contributed by atoms with E-state index in [4.69, 9.17) is 4.74 Å². The van der Waals surface area contributed by atoms with Gasteiger partial charge in [-0.25, -0.2) is 0 Å². The zero-order chi connectivity index (χ0) is 7.02. The van der Waals surface area contributed by atoms with Crippen LogP contribution in [0.3, 0.4) is 0 Å². The van der Waals surface area contributed by atoms with E-state index in [0.29, 0.717) is 0 Å². The molecule has 0 aromatic rings. The van der Waals surface area contributed by atoms with Crippen LogP contribution in [0.1, 0.15) is 6.92 Å². The fourth-order valence-electron chi connectivity index (χ4n) is 0.699. The van der Waals surface area contributed by atoms with Gasteiger partial charge < -0.3 is 9.64 Å². The van der Waals surface area contributed by atoms with E-state index < -0.39 is 0 Å². The summed E-state index contributed by atoms with van der Waals surface area (Å²) in [5.74, 6) is 0.0718. The maximum atomic E-state index is 10.9. The lowest BCUT2D eigenvalue weighted by Gasteiger charge is -2.06. The van der Waals surface area contributed by atoms with Crippen LogP contribution in [-0.2, 0) is 9.53 Å². The Hall–Kier alpha value is -0.570. The highest BCUT2D eigenvalue weighted by Gasteiger charge is 2.41. The van der Waals surface area contributed by atoms with Crippen LogP contribution in [0.4, 0.5) is 0 Å². The minimum absolute atomic E-state index is 0.0718. The second-order valence-electron chi connectivity index (χ2n) is 2.49. The predicted molar refractivity (Wildman–Crippen MR) is 33.0 cm³/mol. The Morgan fingerprint density at radius 3 is 2.11 bits per heavy atom. The molecule has 52 valence electrons. The van der Waals surface area contributed by atoms with Crippen LogP contribution in [0.25, 0.3) is 0 Å². The number of rotatable bonds is 1. The highest BCUT2D eigenvalue weighted by molar-refractivity contribution is 5.83. The summed E-state index contributed by atoms with van der Waals surface area (Å²) >= 11 is 0. The van der Waals surface area contributed by atoms with Crippen molar-refractivity contribution in [2.75, 3.05) is 14.1 Å². The Kier molecular flexibility index (Phi) is 1.45. The molecule has 0 aliphatic carbocycles. The molecular weight excluding hydrogens is 118 g/mol. The highest BCUT2D eigenvalue weighted by Crippen LogP contribution is 2.21. The molecule has 1 amide bonds. The van der Waals surface area contributed by atoms with Gasteiger partial charge in [0.2, 0.25) is 0 Å². The van der Waals surface area contributed by atoms with Crippen molar-refractivity contribution in [1.29, 1.82) is 0 Å². The number of carbonyl (C=O) groups is 1. The third-order valence-corrected chi connectivity index (χ3v) is 1.40. The smallest absolute Gasteiger partial charge is 0.253 e. The molecule has 1 heterocycles. The molecule has 0 N–H and O–H groups in total. The van der Waals surface area contributed by atoms with E-state index in [0.717, 1.165) is 0 Å². The van der Waals surface area contributed by atoms with Crippen LogP contribution in [0.5, 0.6) is 0 Å². The van der Waals surface area contributed by atoms with Gasteiger partial charge in [-0.05, 0) is 6.92 Å². The first-order chi connectivity index (χ1) is 4.13. The summed E-state index contributed by atoms with van der Waals surface area (Å²) in [5, 5.41) is 0. The molecule has 2 unspecified atom stereocenters. The summed E-state index contributed by atoms with van der Waals surface area (Å²) in [6.45, 7) is 1.89. The molecule has 3 heteroatoms. The third-order valence-electron chi connectivity index (χ3n) is 1.40. The fourth-order valence-corrected chi connectivity index (χ4v) is 0.699. The van der Waals surface area contributed by atoms with Crippen molar-refractivity contribution in [3.63, 3.8) is 0 Å². The zero-order valence-corrected chi connectivity index (χ0v) is 5.92. The molecule has 1 aliphatic heterocycles. The molecule has 0 saturated carbocycles. The third kappa shape index (κ3) is 1.21. The standard InChI is InChI=1S/C6H11NO2/c1-4-5(9-4)6(8)7(2)3/h4-5H,1-3H3. The first-order valence-electron chi connectivity index (χ1n) is 2.99. The Labute approximate surface area is 54.6 Å². The van der Waals surface area contributed by atoms with Crippen LogP contribution in [0.2, 0.25) is 0 Å². The fraction of sp³-hybridized carbons (Fsp3) is 0.833. The van der Waals surface area contributed by atoms with Gasteiger partial charge in [-0.2, -0.15) is 0 Å². The summed E-state index contributed by atoms with van der Waals surface area (Å²) in [6.07, 6.45) is -0.0140. The van der Waals surface area contributed by atoms with Crippen molar-refractivity contribution in [2.45, 2.75) is 19.1 Å². The molecule has 1 fully saturated rings. The van der Waals surface area contributed by atoms with Crippen molar-refractivity contribution in [1.82, 2.24) is 4.90 Å². The van der Waals surface area contributed by atoms with Crippen LogP contribution >= 0.6 is 0 Å². The summed E-state index contributed by atoms with van der Waals surface area (Å²) in [4.78, 5) is 12.5. The van der Waals surface area contributed by atoms with E-state index in [1.165, 1.54) is 0 Å². The number of nitrogens with zero attached hydrogens (tertiary/aromatic N) is 1. The molecule has 1 rings (SSSR count). The monoisotopic (exact) mass is 129 g/mol. The van der Waals surface area contributed by atoms with Crippen LogP contribution in [-0.4, -0.2) is 37.1 Å². The second-order valence-corrected chi connectivity index (χ2v) is 2.49. The molecule has 0 aromatic carbocycles. The van der Waals surface area contributed by atoms with E-state index in [-0.39, 0.29) is 18.1 Å². The van der Waals surface area contributed by atoms with Gasteiger partial charge in [0.15, 0.2) is 6.10 Å². The number of hydrogen-bond donors (Lipinski definition) is 0. The topological polar surface area (TPSA) is 32.8 Å². The highest BCUT2D eigenvalue weighted by atomic mass is 16.6. The minimum Gasteiger partial charge on any atom is -0.359 e. The molecule has 9 heavy (non-hydrogen) atoms. The first kappa shape index (κ1) is 6.55. The van der Waals surface area contributed by atoms with Crippen LogP contribution in [0, 0.1) is 0 Å². The quantitative estimate of drug-likeness (QED) is 0.462. The van der Waals surface area contributed by atoms with E-state index in [1.807, 2.05) is 6.92 Å². The van der Waals surface area contributed by atoms with Gasteiger partial charge in [-0.15, -0.1) is 0 Å². The minimum atomic E-state index is -0.153. The lowest BCUT2D eigenvalue weighted by molar-refractivity contribution is -0.129. The van der Waals surface area contributed by atoms with E-state index >= 15 is 0 Å². The first-order valence-corrected chi connectivity index (χ1v) is 2.99. The Morgan fingerprint density at radius 1 is 1.56 bits per heavy atom. The van der Waals surface area contributed by atoms with Crippen molar-refractivity contribution < 1.29 is 9.53 Å². The molecule has 0 radical (unpaired) electrons. The van der Waals surface area contributed by atoms with Crippen molar-refractivity contribution in [3.05, 3.63) is 0 Å². The van der Waals surface area contributed by atoms with Gasteiger partial charge in [0, 0.05) is 14.1 Å². The average molecular weight is 129 g/mol. The molecule has 1 saturated heterocycles. The van der Waals surface area contributed by atoms with Gasteiger partial charge in [0.25, 0.3) is 5.91 Å². The Balaban J connectivity index is 2.36. The van der Waals surface area contributed by atoms with Crippen molar-refractivity contribution >= 4 is 5.91 Å². The van der Waals surface area contributed by atoms with E-state index in [9.17, 15) is 4.79 Å².